The second-order valence-electron chi connectivity index (χ2n) is 3.96. The lowest BCUT2D eigenvalue weighted by molar-refractivity contribution is -0.140. The monoisotopic (exact) mass is 319 g/mol. The van der Waals surface area contributed by atoms with E-state index in [2.05, 4.69) is 4.98 Å². The van der Waals surface area contributed by atoms with Gasteiger partial charge in [-0.05, 0) is 24.3 Å². The van der Waals surface area contributed by atoms with Crippen molar-refractivity contribution < 1.29 is 27.8 Å². The molecular weight excluding hydrogens is 307 g/mol. The minimum Gasteiger partial charge on any atom is -0.491 e. The Hall–Kier alpha value is -1.80. The number of aliphatic hydroxyl groups is 1. The molecule has 0 atom stereocenters. The molecule has 0 saturated carbocycles. The molecule has 21 heavy (non-hydrogen) atoms. The molecule has 0 spiro atoms. The highest BCUT2D eigenvalue weighted by atomic mass is 32.1. The van der Waals surface area contributed by atoms with Gasteiger partial charge in [0.25, 0.3) is 0 Å². The van der Waals surface area contributed by atoms with Crippen LogP contribution >= 0.6 is 11.3 Å². The molecule has 0 bridgehead atoms. The molecular formula is C13H12F3NO3S. The van der Waals surface area contributed by atoms with Crippen molar-refractivity contribution >= 4 is 11.3 Å². The van der Waals surface area contributed by atoms with Crippen LogP contribution < -0.4 is 9.47 Å². The lowest BCUT2D eigenvalue weighted by Gasteiger charge is -2.07. The Balaban J connectivity index is 1.89. The SMILES string of the molecule is OCCOc1ccc(OCc2nc(C(F)(F)F)cs2)cc1. The first kappa shape index (κ1) is 15.6. The van der Waals surface area contributed by atoms with Crippen LogP contribution in [-0.4, -0.2) is 23.3 Å². The normalized spacial score (nSPS) is 11.4. The number of hydrogen-bond donors (Lipinski definition) is 1. The maximum Gasteiger partial charge on any atom is 0.434 e. The van der Waals surface area contributed by atoms with Crippen LogP contribution in [-0.2, 0) is 12.8 Å². The largest absolute Gasteiger partial charge is 0.491 e. The molecule has 1 heterocycles. The number of aliphatic hydroxyl groups excluding tert-OH is 1. The molecule has 2 aromatic rings. The molecule has 0 aliphatic rings. The number of nitrogens with zero attached hydrogens (tertiary/aromatic N) is 1. The van der Waals surface area contributed by atoms with Crippen molar-refractivity contribution in [2.24, 2.45) is 0 Å². The summed E-state index contributed by atoms with van der Waals surface area (Å²) < 4.78 is 47.7. The summed E-state index contributed by atoms with van der Waals surface area (Å²) in [5.74, 6) is 1.07. The summed E-state index contributed by atoms with van der Waals surface area (Å²) >= 11 is 0.901. The first-order valence-electron chi connectivity index (χ1n) is 5.97. The molecule has 2 rings (SSSR count). The van der Waals surface area contributed by atoms with E-state index in [-0.39, 0.29) is 24.8 Å². The molecule has 1 aromatic heterocycles. The van der Waals surface area contributed by atoms with Crippen molar-refractivity contribution in [3.8, 4) is 11.5 Å². The Morgan fingerprint density at radius 1 is 1.10 bits per heavy atom. The van der Waals surface area contributed by atoms with E-state index in [1.54, 1.807) is 24.3 Å². The quantitative estimate of drug-likeness (QED) is 0.889. The summed E-state index contributed by atoms with van der Waals surface area (Å²) in [6.07, 6.45) is -4.43. The van der Waals surface area contributed by atoms with Gasteiger partial charge in [-0.2, -0.15) is 13.2 Å². The molecule has 0 aliphatic heterocycles. The van der Waals surface area contributed by atoms with Crippen molar-refractivity contribution in [3.63, 3.8) is 0 Å². The zero-order valence-electron chi connectivity index (χ0n) is 10.8. The van der Waals surface area contributed by atoms with Crippen LogP contribution in [0.1, 0.15) is 10.7 Å². The predicted molar refractivity (Wildman–Crippen MR) is 70.5 cm³/mol. The van der Waals surface area contributed by atoms with E-state index in [4.69, 9.17) is 14.6 Å². The topological polar surface area (TPSA) is 51.6 Å². The number of hydrogen-bond acceptors (Lipinski definition) is 5. The summed E-state index contributed by atoms with van der Waals surface area (Å²) in [5, 5.41) is 9.83. The minimum atomic E-state index is -4.43. The van der Waals surface area contributed by atoms with Crippen LogP contribution in [0.5, 0.6) is 11.5 Å². The fourth-order valence-corrected chi connectivity index (χ4v) is 2.16. The van der Waals surface area contributed by atoms with E-state index in [1.807, 2.05) is 0 Å². The average Bonchev–Trinajstić information content (AvgIpc) is 2.93. The van der Waals surface area contributed by atoms with Crippen molar-refractivity contribution in [1.82, 2.24) is 4.98 Å². The van der Waals surface area contributed by atoms with Gasteiger partial charge < -0.3 is 14.6 Å². The third-order valence-electron chi connectivity index (χ3n) is 2.39. The van der Waals surface area contributed by atoms with E-state index in [9.17, 15) is 13.2 Å². The number of benzene rings is 1. The maximum absolute atomic E-state index is 12.4. The highest BCUT2D eigenvalue weighted by Gasteiger charge is 2.33. The van der Waals surface area contributed by atoms with E-state index in [1.165, 1.54) is 0 Å². The summed E-state index contributed by atoms with van der Waals surface area (Å²) in [4.78, 5) is 3.47. The number of halogens is 3. The fourth-order valence-electron chi connectivity index (χ4n) is 1.45. The van der Waals surface area contributed by atoms with E-state index in [0.29, 0.717) is 11.5 Å². The Morgan fingerprint density at radius 3 is 2.24 bits per heavy atom. The zero-order valence-corrected chi connectivity index (χ0v) is 11.6. The molecule has 0 aliphatic carbocycles. The Bertz CT molecular complexity index is 569. The van der Waals surface area contributed by atoms with Crippen LogP contribution in [0.25, 0.3) is 0 Å². The Kier molecular flexibility index (Phi) is 5.03. The number of thiazole rings is 1. The van der Waals surface area contributed by atoms with Gasteiger partial charge in [0.15, 0.2) is 5.69 Å². The standard InChI is InChI=1S/C13H12F3NO3S/c14-13(15,16)11-8-21-12(17-11)7-20-10-3-1-9(2-4-10)19-6-5-18/h1-4,8,18H,5-7H2. The van der Waals surface area contributed by atoms with Crippen LogP contribution in [0.4, 0.5) is 13.2 Å². The second-order valence-corrected chi connectivity index (χ2v) is 4.90. The lowest BCUT2D eigenvalue weighted by atomic mass is 10.3. The van der Waals surface area contributed by atoms with Gasteiger partial charge in [-0.1, -0.05) is 0 Å². The van der Waals surface area contributed by atoms with E-state index >= 15 is 0 Å². The van der Waals surface area contributed by atoms with Crippen molar-refractivity contribution in [1.29, 1.82) is 0 Å². The molecule has 1 aromatic carbocycles. The first-order valence-corrected chi connectivity index (χ1v) is 6.85. The summed E-state index contributed by atoms with van der Waals surface area (Å²) in [7, 11) is 0. The zero-order chi connectivity index (χ0) is 15.3. The fraction of sp³-hybridized carbons (Fsp3) is 0.308. The average molecular weight is 319 g/mol. The van der Waals surface area contributed by atoms with Gasteiger partial charge in [0.1, 0.15) is 29.7 Å². The third kappa shape index (κ3) is 4.61. The Labute approximate surface area is 122 Å². The maximum atomic E-state index is 12.4. The predicted octanol–water partition coefficient (Wildman–Crippen LogP) is 3.11. The van der Waals surface area contributed by atoms with Crippen molar-refractivity contribution in [2.45, 2.75) is 12.8 Å². The van der Waals surface area contributed by atoms with Crippen molar-refractivity contribution in [2.75, 3.05) is 13.2 Å². The highest BCUT2D eigenvalue weighted by Crippen LogP contribution is 2.30. The minimum absolute atomic E-state index is 0.0302. The van der Waals surface area contributed by atoms with Crippen LogP contribution in [0.3, 0.4) is 0 Å². The van der Waals surface area contributed by atoms with Gasteiger partial charge >= 0.3 is 6.18 Å². The third-order valence-corrected chi connectivity index (χ3v) is 3.21. The number of alkyl halides is 3. The molecule has 114 valence electrons. The summed E-state index contributed by atoms with van der Waals surface area (Å²) in [6.45, 7) is 0.0843. The Morgan fingerprint density at radius 2 is 1.71 bits per heavy atom. The lowest BCUT2D eigenvalue weighted by Crippen LogP contribution is -2.06. The molecule has 8 heteroatoms. The molecule has 1 N–H and O–H groups in total. The van der Waals surface area contributed by atoms with Crippen LogP contribution in [0.2, 0.25) is 0 Å². The molecule has 0 fully saturated rings. The summed E-state index contributed by atoms with van der Waals surface area (Å²) in [5.41, 5.74) is -0.904. The number of rotatable bonds is 6. The van der Waals surface area contributed by atoms with E-state index < -0.39 is 11.9 Å². The van der Waals surface area contributed by atoms with Gasteiger partial charge in [-0.3, -0.25) is 0 Å². The molecule has 0 amide bonds. The molecule has 0 saturated heterocycles. The number of aromatic nitrogens is 1. The highest BCUT2D eigenvalue weighted by molar-refractivity contribution is 7.09. The van der Waals surface area contributed by atoms with Crippen LogP contribution in [0.15, 0.2) is 29.6 Å². The van der Waals surface area contributed by atoms with Gasteiger partial charge in [-0.25, -0.2) is 4.98 Å². The number of ether oxygens (including phenoxy) is 2. The van der Waals surface area contributed by atoms with Gasteiger partial charge in [0, 0.05) is 5.38 Å². The molecule has 4 nitrogen and oxygen atoms in total. The molecule has 0 radical (unpaired) electrons. The van der Waals surface area contributed by atoms with Crippen molar-refractivity contribution in [3.05, 3.63) is 40.3 Å². The van der Waals surface area contributed by atoms with Gasteiger partial charge in [-0.15, -0.1) is 11.3 Å². The van der Waals surface area contributed by atoms with Crippen LogP contribution in [0, 0.1) is 0 Å². The molecule has 0 unspecified atom stereocenters. The van der Waals surface area contributed by atoms with Gasteiger partial charge in [0.05, 0.1) is 6.61 Å². The summed E-state index contributed by atoms with van der Waals surface area (Å²) in [6, 6.07) is 6.55. The van der Waals surface area contributed by atoms with E-state index in [0.717, 1.165) is 16.7 Å². The van der Waals surface area contributed by atoms with Gasteiger partial charge in [0.2, 0.25) is 0 Å². The second kappa shape index (κ2) is 6.77. The smallest absolute Gasteiger partial charge is 0.434 e. The first-order chi connectivity index (χ1) is 9.99.